The van der Waals surface area contributed by atoms with Gasteiger partial charge in [0.15, 0.2) is 23.3 Å². The first-order valence-corrected chi connectivity index (χ1v) is 37.5. The zero-order valence-corrected chi connectivity index (χ0v) is 64.9. The Labute approximate surface area is 654 Å². The van der Waals surface area contributed by atoms with Crippen LogP contribution in [0.15, 0.2) is 78.6 Å². The molecule has 11 rings (SSSR count). The fourth-order valence-electron chi connectivity index (χ4n) is 12.3. The highest BCUT2D eigenvalue weighted by Gasteiger charge is 2.37. The number of hydrogen-bond donors (Lipinski definition) is 8. The molecule has 9 amide bonds. The van der Waals surface area contributed by atoms with Crippen molar-refractivity contribution in [3.05, 3.63) is 141 Å². The molecule has 0 saturated carbocycles. The number of hydrogen-bond acceptors (Lipinski definition) is 21. The van der Waals surface area contributed by atoms with E-state index in [-0.39, 0.29) is 128 Å². The van der Waals surface area contributed by atoms with Crippen LogP contribution < -0.4 is 42.5 Å². The van der Waals surface area contributed by atoms with Gasteiger partial charge in [-0.1, -0.05) is 35.6 Å². The Bertz CT molecular complexity index is 4950. The fourth-order valence-corrected chi connectivity index (χ4v) is 13.7. The number of carbonyl (C=O) groups is 9. The third-order valence-corrected chi connectivity index (χ3v) is 19.8. The van der Waals surface area contributed by atoms with Crippen molar-refractivity contribution in [1.29, 1.82) is 0 Å². The lowest BCUT2D eigenvalue weighted by atomic mass is 9.98. The smallest absolute Gasteiger partial charge is 0.291 e. The Morgan fingerprint density at radius 1 is 0.554 bits per heavy atom. The molecule has 35 nitrogen and oxygen atoms in total. The number of halogens is 1. The summed E-state index contributed by atoms with van der Waals surface area (Å²) in [6.45, 7) is 13.2. The van der Waals surface area contributed by atoms with Crippen molar-refractivity contribution < 1.29 is 62.1 Å². The highest BCUT2D eigenvalue weighted by molar-refractivity contribution is 7.15. The number of ether oxygens (including phenoxy) is 4. The predicted molar refractivity (Wildman–Crippen MR) is 414 cm³/mol. The van der Waals surface area contributed by atoms with Crippen molar-refractivity contribution >= 4 is 105 Å². The van der Waals surface area contributed by atoms with Gasteiger partial charge in [-0.05, 0) is 62.4 Å². The number of nitrogens with zero attached hydrogens (tertiary/aromatic N) is 14. The summed E-state index contributed by atoms with van der Waals surface area (Å²) in [6.07, 6.45) is 9.00. The summed E-state index contributed by atoms with van der Waals surface area (Å²) in [5, 5.41) is 32.0. The SMILES string of the molecule is Cc1sc2c(c1C)C(c1ccc(Cl)cc1)=N[C@@H](CC(=O)N1CC(C#CC#CC3CN(CCOCCOCCOCCOCCNC(=O)CCNC(=O)c4nc(NC(=O)CCNC(=O)c5cc(NC(=O)c6nc(NC(=O)CCNC(=O)c7cc(NC(=O)c8nccn8C)cn7C)cn6C)cn5C)cn4C)C3)C1)c1nnc(C)n1-2. The second-order valence-corrected chi connectivity index (χ2v) is 28.5. The van der Waals surface area contributed by atoms with E-state index in [9.17, 15) is 43.2 Å². The normalized spacial score (nSPS) is 13.8. The summed E-state index contributed by atoms with van der Waals surface area (Å²) in [4.78, 5) is 140. The van der Waals surface area contributed by atoms with E-state index >= 15 is 0 Å². The minimum Gasteiger partial charge on any atom is -0.378 e. The number of anilines is 4. The van der Waals surface area contributed by atoms with Gasteiger partial charge in [-0.2, -0.15) is 0 Å². The molecule has 10 heterocycles. The predicted octanol–water partition coefficient (Wildman–Crippen LogP) is 3.49. The number of fused-ring (bicyclic) bond motifs is 3. The van der Waals surface area contributed by atoms with Crippen LogP contribution in [0.2, 0.25) is 5.02 Å². The third kappa shape index (κ3) is 21.5. The minimum atomic E-state index is -0.638. The van der Waals surface area contributed by atoms with Crippen molar-refractivity contribution in [2.45, 2.75) is 52.5 Å². The Hall–Kier alpha value is -11.6. The number of aromatic nitrogens is 11. The molecule has 37 heteroatoms. The molecule has 590 valence electrons. The molecule has 3 aliphatic heterocycles. The van der Waals surface area contributed by atoms with Crippen LogP contribution in [-0.2, 0) is 73.4 Å². The van der Waals surface area contributed by atoms with Crippen molar-refractivity contribution in [1.82, 2.24) is 83.6 Å². The van der Waals surface area contributed by atoms with E-state index in [1.807, 2.05) is 36.1 Å². The maximum atomic E-state index is 13.7. The van der Waals surface area contributed by atoms with E-state index in [1.165, 1.54) is 60.1 Å². The lowest BCUT2D eigenvalue weighted by Crippen LogP contribution is -2.49. The number of amides is 9. The number of aryl methyl sites for hydroxylation is 7. The molecule has 8 N–H and O–H groups in total. The van der Waals surface area contributed by atoms with Crippen molar-refractivity contribution in [3.8, 4) is 28.7 Å². The molecule has 2 fully saturated rings. The summed E-state index contributed by atoms with van der Waals surface area (Å²) >= 11 is 7.95. The molecule has 112 heavy (non-hydrogen) atoms. The lowest BCUT2D eigenvalue weighted by Gasteiger charge is -2.36. The number of likely N-dealkylation sites (tertiary alicyclic amines) is 2. The van der Waals surface area contributed by atoms with Crippen molar-refractivity contribution in [3.63, 3.8) is 0 Å². The van der Waals surface area contributed by atoms with Crippen LogP contribution in [0.1, 0.15) is 118 Å². The summed E-state index contributed by atoms with van der Waals surface area (Å²) in [6, 6.07) is 10.1. The van der Waals surface area contributed by atoms with Crippen LogP contribution in [0.4, 0.5) is 23.0 Å². The van der Waals surface area contributed by atoms with Crippen LogP contribution in [0.5, 0.6) is 0 Å². The third-order valence-electron chi connectivity index (χ3n) is 18.4. The zero-order valence-electron chi connectivity index (χ0n) is 63.4. The van der Waals surface area contributed by atoms with Gasteiger partial charge in [0.05, 0.1) is 82.3 Å². The average molecular weight is 1570 g/mol. The Balaban J connectivity index is 0.467. The molecule has 2 saturated heterocycles. The molecular formula is C75H89ClN22O13S. The largest absolute Gasteiger partial charge is 0.378 e. The molecule has 8 aromatic rings. The topological polar surface area (TPSA) is 400 Å². The van der Waals surface area contributed by atoms with Crippen LogP contribution in [0, 0.1) is 56.3 Å². The van der Waals surface area contributed by atoms with E-state index in [4.69, 9.17) is 35.5 Å². The first kappa shape index (κ1) is 81.4. The van der Waals surface area contributed by atoms with Gasteiger partial charge in [-0.15, -0.1) is 21.5 Å². The molecule has 0 unspecified atom stereocenters. The van der Waals surface area contributed by atoms with Gasteiger partial charge in [-0.3, -0.25) is 57.6 Å². The van der Waals surface area contributed by atoms with Crippen LogP contribution >= 0.6 is 22.9 Å². The molecule has 7 aromatic heterocycles. The number of imidazole rings is 3. The monoisotopic (exact) mass is 1570 g/mol. The van der Waals surface area contributed by atoms with Gasteiger partial charge in [-0.25, -0.2) is 15.0 Å². The Morgan fingerprint density at radius 3 is 1.63 bits per heavy atom. The molecule has 3 aliphatic rings. The number of carbonyl (C=O) groups excluding carboxylic acids is 9. The number of thiophene rings is 1. The second kappa shape index (κ2) is 38.3. The van der Waals surface area contributed by atoms with Crippen LogP contribution in [0.25, 0.3) is 5.00 Å². The highest BCUT2D eigenvalue weighted by Crippen LogP contribution is 2.40. The Kier molecular flexibility index (Phi) is 27.8. The van der Waals surface area contributed by atoms with Crippen molar-refractivity contribution in [2.75, 3.05) is 133 Å². The van der Waals surface area contributed by atoms with Gasteiger partial charge in [0.1, 0.15) is 28.3 Å². The quantitative estimate of drug-likeness (QED) is 0.0206. The maximum absolute atomic E-state index is 13.7. The molecular weight excluding hydrogens is 1480 g/mol. The van der Waals surface area contributed by atoms with Crippen molar-refractivity contribution in [2.24, 2.45) is 52.1 Å². The standard InChI is InChI=1S/C75H89ClN22O13S/c1-46-47(2)112-75-64(46)65(51-13-15-52(76)16-14-51)84-55(66-90-89-48(3)98(66)75)37-63(102)97-40-50(41-97)12-10-9-11-49-38-96(39-49)26-28-109-30-32-111-34-33-110-31-29-108-27-24-77-60(99)17-20-81-72(105)68-87-58(44-94(68)7)85-61(100)18-21-80-71(104)57-36-54(43-93(57)6)83-74(107)69-88-59(45-95(69)8)86-62(101)19-22-79-70(103)56-35-53(42-92(56)5)82-73(106)67-78-23-25-91(67)4/h13-16,23,25,35-36,42-45,49-50,55H,17-22,24,26-34,37-41H2,1-8H3,(H,77,99)(H,79,103)(H,80,104)(H,81,105)(H,82,106)(H,83,107)(H,85,100)(H,86,101)/t55-/m0/s1. The van der Waals surface area contributed by atoms with Crippen LogP contribution in [-0.4, -0.2) is 233 Å². The van der Waals surface area contributed by atoms with Gasteiger partial charge in [0.2, 0.25) is 35.3 Å². The second-order valence-electron chi connectivity index (χ2n) is 26.9. The first-order valence-electron chi connectivity index (χ1n) is 36.3. The van der Waals surface area contributed by atoms with Gasteiger partial charge in [0, 0.05) is 178 Å². The van der Waals surface area contributed by atoms with Crippen LogP contribution in [0.3, 0.4) is 0 Å². The molecule has 0 spiro atoms. The molecule has 0 aliphatic carbocycles. The highest BCUT2D eigenvalue weighted by atomic mass is 35.5. The van der Waals surface area contributed by atoms with Gasteiger partial charge in [0.25, 0.3) is 29.5 Å². The fraction of sp³-hybridized carbons (Fsp3) is 0.427. The summed E-state index contributed by atoms with van der Waals surface area (Å²) in [7, 11) is 8.05. The number of aliphatic imine (C=N–C) groups is 1. The summed E-state index contributed by atoms with van der Waals surface area (Å²) < 4.78 is 32.0. The van der Waals surface area contributed by atoms with E-state index < -0.39 is 47.4 Å². The summed E-state index contributed by atoms with van der Waals surface area (Å²) in [5.74, 6) is 10.7. The van der Waals surface area contributed by atoms with E-state index in [2.05, 4.69) is 115 Å². The van der Waals surface area contributed by atoms with Gasteiger partial charge < -0.3 is 89.2 Å². The van der Waals surface area contributed by atoms with E-state index in [0.717, 1.165) is 52.9 Å². The Morgan fingerprint density at radius 2 is 1.07 bits per heavy atom. The lowest BCUT2D eigenvalue weighted by molar-refractivity contribution is -0.136. The molecule has 1 aromatic carbocycles. The minimum absolute atomic E-state index is 0.000455. The number of nitrogens with one attached hydrogen (secondary N) is 8. The number of rotatable bonds is 36. The van der Waals surface area contributed by atoms with E-state index in [1.54, 1.807) is 63.5 Å². The zero-order chi connectivity index (χ0) is 79.5. The number of benzene rings is 1. The van der Waals surface area contributed by atoms with E-state index in [0.29, 0.717) is 75.9 Å². The first-order chi connectivity index (χ1) is 53.9. The average Bonchev–Trinajstić information content (AvgIpc) is 1.59. The molecule has 0 bridgehead atoms. The van der Waals surface area contributed by atoms with Gasteiger partial charge >= 0.3 is 0 Å². The molecule has 0 radical (unpaired) electrons. The maximum Gasteiger partial charge on any atom is 0.291 e. The molecule has 1 atom stereocenters. The summed E-state index contributed by atoms with van der Waals surface area (Å²) in [5.41, 5.74) is 4.96.